The lowest BCUT2D eigenvalue weighted by Gasteiger charge is -2.20. The summed E-state index contributed by atoms with van der Waals surface area (Å²) < 4.78 is 13.9. The van der Waals surface area contributed by atoms with E-state index in [1.165, 1.54) is 12.8 Å². The fourth-order valence-corrected chi connectivity index (χ4v) is 4.04. The van der Waals surface area contributed by atoms with E-state index in [1.54, 1.807) is 20.4 Å². The summed E-state index contributed by atoms with van der Waals surface area (Å²) in [5.41, 5.74) is 2.11. The smallest absolute Gasteiger partial charge is 0.191 e. The highest BCUT2D eigenvalue weighted by Crippen LogP contribution is 2.34. The highest BCUT2D eigenvalue weighted by atomic mass is 16.5. The molecule has 0 spiro atoms. The van der Waals surface area contributed by atoms with Crippen molar-refractivity contribution in [1.82, 2.24) is 25.2 Å². The zero-order valence-corrected chi connectivity index (χ0v) is 19.5. The molecule has 1 aromatic carbocycles. The van der Waals surface area contributed by atoms with Crippen molar-refractivity contribution in [2.75, 3.05) is 14.2 Å². The number of nitrogens with one attached hydrogen (secondary N) is 2. The van der Waals surface area contributed by atoms with E-state index >= 15 is 0 Å². The van der Waals surface area contributed by atoms with Crippen LogP contribution in [0.15, 0.2) is 53.9 Å². The van der Waals surface area contributed by atoms with Gasteiger partial charge in [-0.3, -0.25) is 9.56 Å². The summed E-state index contributed by atoms with van der Waals surface area (Å²) in [6.45, 7) is 3.15. The SMILES string of the molecule is CN=C(NCc1ccc(-n2ccnc2C)nc1)NCc1cccc(OC)c1OC1CCCC1. The molecule has 1 aliphatic carbocycles. The average Bonchev–Trinajstić information content (AvgIpc) is 3.52. The molecule has 1 fully saturated rings. The third-order valence-electron chi connectivity index (χ3n) is 5.88. The normalized spacial score (nSPS) is 14.3. The number of ether oxygens (including phenoxy) is 2. The van der Waals surface area contributed by atoms with E-state index < -0.39 is 0 Å². The molecule has 0 unspecified atom stereocenters. The van der Waals surface area contributed by atoms with E-state index in [4.69, 9.17) is 9.47 Å². The topological polar surface area (TPSA) is 85.6 Å². The van der Waals surface area contributed by atoms with Crippen LogP contribution in [0.25, 0.3) is 5.82 Å². The van der Waals surface area contributed by atoms with Gasteiger partial charge in [0.1, 0.15) is 11.6 Å². The number of para-hydroxylation sites is 1. The number of imidazole rings is 1. The van der Waals surface area contributed by atoms with E-state index in [-0.39, 0.29) is 6.10 Å². The maximum Gasteiger partial charge on any atom is 0.191 e. The molecule has 2 N–H and O–H groups in total. The van der Waals surface area contributed by atoms with E-state index in [2.05, 4.69) is 37.7 Å². The van der Waals surface area contributed by atoms with Crippen molar-refractivity contribution in [2.45, 2.75) is 51.8 Å². The Morgan fingerprint density at radius 1 is 1.12 bits per heavy atom. The number of aliphatic imine (C=N–C) groups is 1. The molecular formula is C25H32N6O2. The largest absolute Gasteiger partial charge is 0.493 e. The molecule has 4 rings (SSSR count). The van der Waals surface area contributed by atoms with Crippen molar-refractivity contribution in [3.05, 3.63) is 65.9 Å². The summed E-state index contributed by atoms with van der Waals surface area (Å²) in [4.78, 5) is 13.2. The molecule has 0 atom stereocenters. The predicted molar refractivity (Wildman–Crippen MR) is 129 cm³/mol. The lowest BCUT2D eigenvalue weighted by molar-refractivity contribution is 0.198. The second kappa shape index (κ2) is 10.8. The predicted octanol–water partition coefficient (Wildman–Crippen LogP) is 3.77. The standard InChI is InChI=1S/C25H32N6O2/c1-18-27-13-14-31(18)23-12-11-19(15-28-23)16-29-25(26-2)30-17-20-7-6-10-22(32-3)24(20)33-21-8-4-5-9-21/h6-7,10-15,21H,4-5,8-9,16-17H2,1-3H3,(H2,26,29,30). The zero-order valence-electron chi connectivity index (χ0n) is 19.5. The molecule has 1 saturated carbocycles. The number of hydrogen-bond donors (Lipinski definition) is 2. The Bertz CT molecular complexity index is 1070. The van der Waals surface area contributed by atoms with Crippen LogP contribution < -0.4 is 20.1 Å². The fourth-order valence-electron chi connectivity index (χ4n) is 4.04. The average molecular weight is 449 g/mol. The van der Waals surface area contributed by atoms with Gasteiger partial charge >= 0.3 is 0 Å². The maximum atomic E-state index is 6.33. The van der Waals surface area contributed by atoms with Crippen molar-refractivity contribution in [1.29, 1.82) is 0 Å². The molecule has 33 heavy (non-hydrogen) atoms. The number of rotatable bonds is 8. The van der Waals surface area contributed by atoms with Gasteiger partial charge in [-0.25, -0.2) is 9.97 Å². The molecular weight excluding hydrogens is 416 g/mol. The van der Waals surface area contributed by atoms with Gasteiger partial charge in [-0.2, -0.15) is 0 Å². The first kappa shape index (κ1) is 22.6. The van der Waals surface area contributed by atoms with Gasteiger partial charge in [-0.05, 0) is 50.3 Å². The van der Waals surface area contributed by atoms with Gasteiger partial charge in [0.05, 0.1) is 13.2 Å². The van der Waals surface area contributed by atoms with Gasteiger partial charge in [-0.1, -0.05) is 18.2 Å². The molecule has 0 radical (unpaired) electrons. The Balaban J connectivity index is 1.35. The second-order valence-electron chi connectivity index (χ2n) is 8.12. The number of nitrogens with zero attached hydrogens (tertiary/aromatic N) is 4. The molecule has 1 aliphatic rings. The first-order valence-electron chi connectivity index (χ1n) is 11.4. The summed E-state index contributed by atoms with van der Waals surface area (Å²) in [6.07, 6.45) is 10.5. The van der Waals surface area contributed by atoms with Crippen molar-refractivity contribution in [2.24, 2.45) is 4.99 Å². The number of aryl methyl sites for hydroxylation is 1. The van der Waals surface area contributed by atoms with E-state index in [0.29, 0.717) is 19.0 Å². The Morgan fingerprint density at radius 3 is 2.61 bits per heavy atom. The Kier molecular flexibility index (Phi) is 7.44. The van der Waals surface area contributed by atoms with Crippen LogP contribution in [-0.2, 0) is 13.1 Å². The number of benzene rings is 1. The van der Waals surface area contributed by atoms with Gasteiger partial charge in [-0.15, -0.1) is 0 Å². The molecule has 0 amide bonds. The molecule has 0 aliphatic heterocycles. The van der Waals surface area contributed by atoms with Gasteiger partial charge in [0.15, 0.2) is 17.5 Å². The Hall–Kier alpha value is -3.55. The maximum absolute atomic E-state index is 6.33. The fraction of sp³-hybridized carbons (Fsp3) is 0.400. The third-order valence-corrected chi connectivity index (χ3v) is 5.88. The summed E-state index contributed by atoms with van der Waals surface area (Å²) in [6, 6.07) is 10.0. The van der Waals surface area contributed by atoms with E-state index in [0.717, 1.165) is 47.1 Å². The molecule has 174 valence electrons. The van der Waals surface area contributed by atoms with Crippen LogP contribution in [0.4, 0.5) is 0 Å². The lowest BCUT2D eigenvalue weighted by Crippen LogP contribution is -2.36. The second-order valence-corrected chi connectivity index (χ2v) is 8.12. The number of pyridine rings is 1. The number of guanidine groups is 1. The van der Waals surface area contributed by atoms with Crippen molar-refractivity contribution >= 4 is 5.96 Å². The number of aromatic nitrogens is 3. The van der Waals surface area contributed by atoms with Gasteiger partial charge in [0.25, 0.3) is 0 Å². The van der Waals surface area contributed by atoms with Crippen molar-refractivity contribution in [3.8, 4) is 17.3 Å². The van der Waals surface area contributed by atoms with Crippen molar-refractivity contribution in [3.63, 3.8) is 0 Å². The highest BCUT2D eigenvalue weighted by molar-refractivity contribution is 5.79. The molecule has 3 aromatic rings. The van der Waals surface area contributed by atoms with Crippen LogP contribution >= 0.6 is 0 Å². The zero-order chi connectivity index (χ0) is 23.0. The van der Waals surface area contributed by atoms with Crippen LogP contribution in [0.3, 0.4) is 0 Å². The number of methoxy groups -OCH3 is 1. The lowest BCUT2D eigenvalue weighted by atomic mass is 10.1. The van der Waals surface area contributed by atoms with E-state index in [9.17, 15) is 0 Å². The quantitative estimate of drug-likeness (QED) is 0.403. The Labute approximate surface area is 195 Å². The molecule has 0 saturated heterocycles. The molecule has 2 heterocycles. The minimum atomic E-state index is 0.263. The van der Waals surface area contributed by atoms with Crippen LogP contribution in [0, 0.1) is 6.92 Å². The summed E-state index contributed by atoms with van der Waals surface area (Å²) >= 11 is 0. The molecule has 8 heteroatoms. The molecule has 0 bridgehead atoms. The van der Waals surface area contributed by atoms with Gasteiger partial charge in [0.2, 0.25) is 0 Å². The first-order valence-corrected chi connectivity index (χ1v) is 11.4. The van der Waals surface area contributed by atoms with Crippen molar-refractivity contribution < 1.29 is 9.47 Å². The summed E-state index contributed by atoms with van der Waals surface area (Å²) in [5.74, 6) is 4.06. The molecule has 8 nitrogen and oxygen atoms in total. The van der Waals surface area contributed by atoms with Gasteiger partial charge in [0, 0.05) is 44.3 Å². The minimum absolute atomic E-state index is 0.263. The van der Waals surface area contributed by atoms with Crippen LogP contribution in [0.2, 0.25) is 0 Å². The van der Waals surface area contributed by atoms with E-state index in [1.807, 2.05) is 42.1 Å². The third kappa shape index (κ3) is 5.63. The number of hydrogen-bond acceptors (Lipinski definition) is 5. The highest BCUT2D eigenvalue weighted by Gasteiger charge is 2.20. The Morgan fingerprint density at radius 2 is 1.94 bits per heavy atom. The minimum Gasteiger partial charge on any atom is -0.493 e. The van der Waals surface area contributed by atoms with Gasteiger partial charge < -0.3 is 20.1 Å². The molecule has 2 aromatic heterocycles. The monoisotopic (exact) mass is 448 g/mol. The summed E-state index contributed by atoms with van der Waals surface area (Å²) in [5, 5.41) is 6.73. The summed E-state index contributed by atoms with van der Waals surface area (Å²) in [7, 11) is 3.45. The van der Waals surface area contributed by atoms with Crippen LogP contribution in [0.5, 0.6) is 11.5 Å². The van der Waals surface area contributed by atoms with Crippen LogP contribution in [0.1, 0.15) is 42.6 Å². The first-order chi connectivity index (χ1) is 16.2. The van der Waals surface area contributed by atoms with Crippen LogP contribution in [-0.4, -0.2) is 40.8 Å².